The lowest BCUT2D eigenvalue weighted by molar-refractivity contribution is -0.119. The van der Waals surface area contributed by atoms with E-state index >= 15 is 0 Å². The van der Waals surface area contributed by atoms with Crippen LogP contribution in [0.25, 0.3) is 0 Å². The van der Waals surface area contributed by atoms with Gasteiger partial charge in [0, 0.05) is 18.1 Å². The number of rotatable bonds is 4. The SMILES string of the molecule is Cc1ccc(NC(=O)COC(=O)c2cccnc2)cc1F. The average Bonchev–Trinajstić information content (AvgIpc) is 2.49. The molecule has 2 aromatic rings. The van der Waals surface area contributed by atoms with Gasteiger partial charge in [0.2, 0.25) is 0 Å². The number of amides is 1. The number of ether oxygens (including phenoxy) is 1. The maximum absolute atomic E-state index is 13.3. The summed E-state index contributed by atoms with van der Waals surface area (Å²) >= 11 is 0. The molecule has 1 N–H and O–H groups in total. The number of esters is 1. The monoisotopic (exact) mass is 288 g/mol. The summed E-state index contributed by atoms with van der Waals surface area (Å²) in [6, 6.07) is 7.44. The van der Waals surface area contributed by atoms with E-state index in [0.717, 1.165) is 0 Å². The summed E-state index contributed by atoms with van der Waals surface area (Å²) in [4.78, 5) is 27.0. The number of carbonyl (C=O) groups is 2. The molecule has 6 heteroatoms. The molecule has 1 aromatic heterocycles. The first-order chi connectivity index (χ1) is 10.1. The first kappa shape index (κ1) is 14.6. The summed E-state index contributed by atoms with van der Waals surface area (Å²) in [5.74, 6) is -1.61. The third-order valence-corrected chi connectivity index (χ3v) is 2.69. The number of pyridine rings is 1. The van der Waals surface area contributed by atoms with E-state index in [-0.39, 0.29) is 5.56 Å². The van der Waals surface area contributed by atoms with Crippen molar-refractivity contribution >= 4 is 17.6 Å². The highest BCUT2D eigenvalue weighted by atomic mass is 19.1. The fraction of sp³-hybridized carbons (Fsp3) is 0.133. The Kier molecular flexibility index (Phi) is 4.61. The van der Waals surface area contributed by atoms with Crippen LogP contribution in [0.4, 0.5) is 10.1 Å². The maximum Gasteiger partial charge on any atom is 0.340 e. The van der Waals surface area contributed by atoms with Crippen LogP contribution in [-0.2, 0) is 9.53 Å². The predicted molar refractivity (Wildman–Crippen MR) is 74.3 cm³/mol. The third-order valence-electron chi connectivity index (χ3n) is 2.69. The Morgan fingerprint density at radius 3 is 2.81 bits per heavy atom. The second-order valence-electron chi connectivity index (χ2n) is 4.33. The number of hydrogen-bond donors (Lipinski definition) is 1. The van der Waals surface area contributed by atoms with E-state index in [2.05, 4.69) is 10.3 Å². The molecule has 0 saturated heterocycles. The summed E-state index contributed by atoms with van der Waals surface area (Å²) in [5, 5.41) is 2.45. The Bertz CT molecular complexity index is 659. The van der Waals surface area contributed by atoms with Crippen LogP contribution in [0.1, 0.15) is 15.9 Å². The lowest BCUT2D eigenvalue weighted by Gasteiger charge is -2.07. The van der Waals surface area contributed by atoms with Crippen LogP contribution in [0.2, 0.25) is 0 Å². The fourth-order valence-electron chi connectivity index (χ4n) is 1.57. The lowest BCUT2D eigenvalue weighted by atomic mass is 10.2. The van der Waals surface area contributed by atoms with E-state index in [4.69, 9.17) is 4.74 Å². The molecule has 0 aliphatic rings. The number of aromatic nitrogens is 1. The number of aryl methyl sites for hydroxylation is 1. The number of halogens is 1. The highest BCUT2D eigenvalue weighted by Gasteiger charge is 2.10. The van der Waals surface area contributed by atoms with Crippen LogP contribution in [0.15, 0.2) is 42.7 Å². The van der Waals surface area contributed by atoms with Crippen molar-refractivity contribution in [1.29, 1.82) is 0 Å². The van der Waals surface area contributed by atoms with Gasteiger partial charge < -0.3 is 10.1 Å². The Hall–Kier alpha value is -2.76. The normalized spacial score (nSPS) is 10.0. The molecule has 0 radical (unpaired) electrons. The minimum Gasteiger partial charge on any atom is -0.452 e. The van der Waals surface area contributed by atoms with Crippen molar-refractivity contribution in [2.75, 3.05) is 11.9 Å². The van der Waals surface area contributed by atoms with E-state index < -0.39 is 24.3 Å². The summed E-state index contributed by atoms with van der Waals surface area (Å²) in [5.41, 5.74) is 1.04. The second-order valence-corrected chi connectivity index (χ2v) is 4.33. The molecule has 0 bridgehead atoms. The van der Waals surface area contributed by atoms with Crippen LogP contribution in [0, 0.1) is 12.7 Å². The van der Waals surface area contributed by atoms with Crippen molar-refractivity contribution < 1.29 is 18.7 Å². The van der Waals surface area contributed by atoms with Gasteiger partial charge in [-0.25, -0.2) is 9.18 Å². The smallest absolute Gasteiger partial charge is 0.340 e. The van der Waals surface area contributed by atoms with Gasteiger partial charge in [0.1, 0.15) is 5.82 Å². The number of carbonyl (C=O) groups excluding carboxylic acids is 2. The maximum atomic E-state index is 13.3. The molecule has 5 nitrogen and oxygen atoms in total. The Morgan fingerprint density at radius 1 is 1.33 bits per heavy atom. The minimum absolute atomic E-state index is 0.256. The van der Waals surface area contributed by atoms with Crippen LogP contribution < -0.4 is 5.32 Å². The molecule has 0 unspecified atom stereocenters. The zero-order valence-corrected chi connectivity index (χ0v) is 11.3. The Labute approximate surface area is 120 Å². The first-order valence-corrected chi connectivity index (χ1v) is 6.19. The third kappa shape index (κ3) is 4.10. The number of anilines is 1. The van der Waals surface area contributed by atoms with Crippen molar-refractivity contribution in [3.8, 4) is 0 Å². The summed E-state index contributed by atoms with van der Waals surface area (Å²) < 4.78 is 18.2. The van der Waals surface area contributed by atoms with Crippen LogP contribution >= 0.6 is 0 Å². The highest BCUT2D eigenvalue weighted by molar-refractivity contribution is 5.95. The molecule has 0 aliphatic carbocycles. The molecular formula is C15H13FN2O3. The van der Waals surface area contributed by atoms with Gasteiger partial charge in [-0.15, -0.1) is 0 Å². The van der Waals surface area contributed by atoms with E-state index in [9.17, 15) is 14.0 Å². The molecule has 21 heavy (non-hydrogen) atoms. The molecule has 2 rings (SSSR count). The van der Waals surface area contributed by atoms with E-state index in [1.807, 2.05) is 0 Å². The van der Waals surface area contributed by atoms with Crippen molar-refractivity contribution in [2.24, 2.45) is 0 Å². The van der Waals surface area contributed by atoms with Crippen LogP contribution in [0.5, 0.6) is 0 Å². The van der Waals surface area contributed by atoms with Gasteiger partial charge in [0.25, 0.3) is 5.91 Å². The van der Waals surface area contributed by atoms with Gasteiger partial charge in [-0.2, -0.15) is 0 Å². The molecule has 1 amide bonds. The largest absolute Gasteiger partial charge is 0.452 e. The number of nitrogens with one attached hydrogen (secondary N) is 1. The fourth-order valence-corrected chi connectivity index (χ4v) is 1.57. The van der Waals surface area contributed by atoms with Gasteiger partial charge in [-0.05, 0) is 36.8 Å². The average molecular weight is 288 g/mol. The number of benzene rings is 1. The molecule has 108 valence electrons. The summed E-state index contributed by atoms with van der Waals surface area (Å²) in [6.45, 7) is 1.17. The van der Waals surface area contributed by atoms with Gasteiger partial charge in [0.15, 0.2) is 6.61 Å². The van der Waals surface area contributed by atoms with Crippen molar-refractivity contribution in [1.82, 2.24) is 4.98 Å². The number of hydrogen-bond acceptors (Lipinski definition) is 4. The van der Waals surface area contributed by atoms with Gasteiger partial charge >= 0.3 is 5.97 Å². The predicted octanol–water partition coefficient (Wildman–Crippen LogP) is 2.32. The summed E-state index contributed by atoms with van der Waals surface area (Å²) in [6.07, 6.45) is 2.87. The molecule has 1 aromatic carbocycles. The minimum atomic E-state index is -0.645. The molecule has 0 saturated carbocycles. The van der Waals surface area contributed by atoms with Gasteiger partial charge in [-0.1, -0.05) is 6.07 Å². The van der Waals surface area contributed by atoms with Crippen molar-refractivity contribution in [3.63, 3.8) is 0 Å². The molecule has 1 heterocycles. The lowest BCUT2D eigenvalue weighted by Crippen LogP contribution is -2.21. The van der Waals surface area contributed by atoms with Crippen molar-refractivity contribution in [2.45, 2.75) is 6.92 Å². The van der Waals surface area contributed by atoms with Gasteiger partial charge in [0.05, 0.1) is 5.56 Å². The van der Waals surface area contributed by atoms with Gasteiger partial charge in [-0.3, -0.25) is 9.78 Å². The molecule has 0 spiro atoms. The van der Waals surface area contributed by atoms with E-state index in [1.54, 1.807) is 25.1 Å². The second kappa shape index (κ2) is 6.60. The Morgan fingerprint density at radius 2 is 2.14 bits per heavy atom. The van der Waals surface area contributed by atoms with E-state index in [1.165, 1.54) is 24.5 Å². The topological polar surface area (TPSA) is 68.3 Å². The first-order valence-electron chi connectivity index (χ1n) is 6.19. The number of nitrogens with zero attached hydrogens (tertiary/aromatic N) is 1. The molecule has 0 atom stereocenters. The molecular weight excluding hydrogens is 275 g/mol. The zero-order valence-electron chi connectivity index (χ0n) is 11.3. The quantitative estimate of drug-likeness (QED) is 0.877. The van der Waals surface area contributed by atoms with Crippen LogP contribution in [0.3, 0.4) is 0 Å². The Balaban J connectivity index is 1.87. The standard InChI is InChI=1S/C15H13FN2O3/c1-10-4-5-12(7-13(10)16)18-14(19)9-21-15(20)11-3-2-6-17-8-11/h2-8H,9H2,1H3,(H,18,19). The molecule has 0 fully saturated rings. The molecule has 0 aliphatic heterocycles. The highest BCUT2D eigenvalue weighted by Crippen LogP contribution is 2.13. The van der Waals surface area contributed by atoms with Crippen molar-refractivity contribution in [3.05, 3.63) is 59.7 Å². The van der Waals surface area contributed by atoms with E-state index in [0.29, 0.717) is 11.3 Å². The summed E-state index contributed by atoms with van der Waals surface area (Å²) in [7, 11) is 0. The van der Waals surface area contributed by atoms with Crippen LogP contribution in [-0.4, -0.2) is 23.5 Å². The zero-order chi connectivity index (χ0) is 15.2.